The van der Waals surface area contributed by atoms with Crippen molar-refractivity contribution in [3.63, 3.8) is 0 Å². The highest BCUT2D eigenvalue weighted by Crippen LogP contribution is 2.16. The summed E-state index contributed by atoms with van der Waals surface area (Å²) in [6.45, 7) is 6.91. The zero-order valence-electron chi connectivity index (χ0n) is 9.62. The highest BCUT2D eigenvalue weighted by Gasteiger charge is 2.08. The highest BCUT2D eigenvalue weighted by atomic mass is 14.9. The van der Waals surface area contributed by atoms with Crippen LogP contribution in [0.4, 0.5) is 0 Å². The second-order valence-corrected chi connectivity index (χ2v) is 4.02. The number of nitriles is 1. The van der Waals surface area contributed by atoms with E-state index in [4.69, 9.17) is 5.26 Å². The number of rotatable bonds is 4. The van der Waals surface area contributed by atoms with Gasteiger partial charge < -0.3 is 5.32 Å². The summed E-state index contributed by atoms with van der Waals surface area (Å²) in [6, 6.07) is 10.9. The molecule has 0 saturated carbocycles. The van der Waals surface area contributed by atoms with Crippen LogP contribution in [0, 0.1) is 24.2 Å². The summed E-state index contributed by atoms with van der Waals surface area (Å²) in [5.41, 5.74) is 2.60. The first kappa shape index (κ1) is 11.7. The standard InChI is InChI=1S/C13H18N2/c1-10(8-14)9-15-12(3)13-7-5-4-6-11(13)2/h4-7,10,12,15H,9H2,1-3H3. The van der Waals surface area contributed by atoms with E-state index >= 15 is 0 Å². The van der Waals surface area contributed by atoms with Crippen LogP contribution in [0.25, 0.3) is 0 Å². The number of nitrogens with zero attached hydrogens (tertiary/aromatic N) is 1. The third kappa shape index (κ3) is 3.38. The van der Waals surface area contributed by atoms with Gasteiger partial charge in [-0.3, -0.25) is 0 Å². The molecular formula is C13H18N2. The van der Waals surface area contributed by atoms with E-state index in [1.54, 1.807) is 0 Å². The van der Waals surface area contributed by atoms with Gasteiger partial charge in [0.1, 0.15) is 0 Å². The fourth-order valence-corrected chi connectivity index (χ4v) is 1.58. The minimum absolute atomic E-state index is 0.0662. The molecule has 0 spiro atoms. The van der Waals surface area contributed by atoms with Crippen LogP contribution in [-0.2, 0) is 0 Å². The normalized spacial score (nSPS) is 14.3. The van der Waals surface area contributed by atoms with E-state index in [9.17, 15) is 0 Å². The molecule has 1 rings (SSSR count). The highest BCUT2D eigenvalue weighted by molar-refractivity contribution is 5.28. The van der Waals surface area contributed by atoms with Crippen LogP contribution in [0.15, 0.2) is 24.3 Å². The second kappa shape index (κ2) is 5.53. The van der Waals surface area contributed by atoms with Crippen LogP contribution in [-0.4, -0.2) is 6.54 Å². The van der Waals surface area contributed by atoms with Crippen molar-refractivity contribution < 1.29 is 0 Å². The largest absolute Gasteiger partial charge is 0.309 e. The third-order valence-corrected chi connectivity index (χ3v) is 2.61. The third-order valence-electron chi connectivity index (χ3n) is 2.61. The molecule has 80 valence electrons. The maximum absolute atomic E-state index is 8.68. The van der Waals surface area contributed by atoms with Gasteiger partial charge in [0, 0.05) is 12.6 Å². The summed E-state index contributed by atoms with van der Waals surface area (Å²) < 4.78 is 0. The molecule has 0 aromatic heterocycles. The van der Waals surface area contributed by atoms with Gasteiger partial charge in [-0.15, -0.1) is 0 Å². The summed E-state index contributed by atoms with van der Waals surface area (Å²) >= 11 is 0. The first-order chi connectivity index (χ1) is 7.15. The molecule has 0 bridgehead atoms. The van der Waals surface area contributed by atoms with Gasteiger partial charge in [0.05, 0.1) is 12.0 Å². The summed E-state index contributed by atoms with van der Waals surface area (Å²) in [5.74, 6) is 0.0662. The molecule has 0 heterocycles. The number of aryl methyl sites for hydroxylation is 1. The summed E-state index contributed by atoms with van der Waals surface area (Å²) in [5, 5.41) is 12.1. The molecule has 0 radical (unpaired) electrons. The summed E-state index contributed by atoms with van der Waals surface area (Å²) in [7, 11) is 0. The van der Waals surface area contributed by atoms with E-state index in [0.29, 0.717) is 6.04 Å². The number of benzene rings is 1. The Morgan fingerprint density at radius 3 is 2.60 bits per heavy atom. The molecule has 2 nitrogen and oxygen atoms in total. The fraction of sp³-hybridized carbons (Fsp3) is 0.462. The van der Waals surface area contributed by atoms with Gasteiger partial charge in [0.2, 0.25) is 0 Å². The molecule has 0 aliphatic heterocycles. The number of hydrogen-bond donors (Lipinski definition) is 1. The SMILES string of the molecule is Cc1ccccc1C(C)NCC(C)C#N. The van der Waals surface area contributed by atoms with Crippen molar-refractivity contribution in [2.45, 2.75) is 26.8 Å². The zero-order valence-corrected chi connectivity index (χ0v) is 9.62. The summed E-state index contributed by atoms with van der Waals surface area (Å²) in [4.78, 5) is 0. The molecule has 2 atom stereocenters. The van der Waals surface area contributed by atoms with Crippen molar-refractivity contribution in [2.75, 3.05) is 6.54 Å². The molecule has 0 aliphatic carbocycles. The Hall–Kier alpha value is -1.33. The van der Waals surface area contributed by atoms with Crippen molar-refractivity contribution >= 4 is 0 Å². The van der Waals surface area contributed by atoms with E-state index < -0.39 is 0 Å². The van der Waals surface area contributed by atoms with Crippen molar-refractivity contribution in [1.29, 1.82) is 5.26 Å². The van der Waals surface area contributed by atoms with Gasteiger partial charge >= 0.3 is 0 Å². The zero-order chi connectivity index (χ0) is 11.3. The van der Waals surface area contributed by atoms with Gasteiger partial charge in [0.15, 0.2) is 0 Å². The van der Waals surface area contributed by atoms with Gasteiger partial charge in [-0.05, 0) is 31.9 Å². The molecule has 0 aliphatic rings. The maximum atomic E-state index is 8.68. The van der Waals surface area contributed by atoms with Crippen LogP contribution in [0.3, 0.4) is 0 Å². The topological polar surface area (TPSA) is 35.8 Å². The first-order valence-corrected chi connectivity index (χ1v) is 5.33. The summed E-state index contributed by atoms with van der Waals surface area (Å²) in [6.07, 6.45) is 0. The van der Waals surface area contributed by atoms with Crippen molar-refractivity contribution in [2.24, 2.45) is 5.92 Å². The minimum Gasteiger partial charge on any atom is -0.309 e. The Labute approximate surface area is 91.9 Å². The van der Waals surface area contributed by atoms with Gasteiger partial charge in [-0.25, -0.2) is 0 Å². The molecule has 0 fully saturated rings. The molecule has 2 unspecified atom stereocenters. The van der Waals surface area contributed by atoms with Gasteiger partial charge in [0.25, 0.3) is 0 Å². The average Bonchev–Trinajstić information content (AvgIpc) is 2.26. The Kier molecular flexibility index (Phi) is 4.33. The van der Waals surface area contributed by atoms with Crippen LogP contribution in [0.2, 0.25) is 0 Å². The molecule has 2 heteroatoms. The lowest BCUT2D eigenvalue weighted by Crippen LogP contribution is -2.24. The lowest BCUT2D eigenvalue weighted by molar-refractivity contribution is 0.526. The predicted octanol–water partition coefficient (Wildman–Crippen LogP) is 2.81. The lowest BCUT2D eigenvalue weighted by Gasteiger charge is -2.17. The van der Waals surface area contributed by atoms with Gasteiger partial charge in [-0.1, -0.05) is 24.3 Å². The first-order valence-electron chi connectivity index (χ1n) is 5.33. The Morgan fingerprint density at radius 1 is 1.33 bits per heavy atom. The Balaban J connectivity index is 2.58. The molecule has 15 heavy (non-hydrogen) atoms. The van der Waals surface area contributed by atoms with Crippen LogP contribution >= 0.6 is 0 Å². The van der Waals surface area contributed by atoms with E-state index in [0.717, 1.165) is 6.54 Å². The monoisotopic (exact) mass is 202 g/mol. The second-order valence-electron chi connectivity index (χ2n) is 4.02. The van der Waals surface area contributed by atoms with Crippen molar-refractivity contribution in [1.82, 2.24) is 5.32 Å². The maximum Gasteiger partial charge on any atom is 0.0666 e. The van der Waals surface area contributed by atoms with Crippen molar-refractivity contribution in [3.05, 3.63) is 35.4 Å². The molecule has 0 saturated heterocycles. The smallest absolute Gasteiger partial charge is 0.0666 e. The van der Waals surface area contributed by atoms with E-state index in [-0.39, 0.29) is 5.92 Å². The van der Waals surface area contributed by atoms with Crippen LogP contribution < -0.4 is 5.32 Å². The molecule has 1 aromatic carbocycles. The van der Waals surface area contributed by atoms with E-state index in [1.807, 2.05) is 19.1 Å². The number of hydrogen-bond acceptors (Lipinski definition) is 2. The molecular weight excluding hydrogens is 184 g/mol. The van der Waals surface area contributed by atoms with E-state index in [1.165, 1.54) is 11.1 Å². The van der Waals surface area contributed by atoms with Crippen LogP contribution in [0.1, 0.15) is 31.0 Å². The molecule has 1 N–H and O–H groups in total. The minimum atomic E-state index is 0.0662. The number of nitrogens with one attached hydrogen (secondary N) is 1. The van der Waals surface area contributed by atoms with Crippen molar-refractivity contribution in [3.8, 4) is 6.07 Å². The van der Waals surface area contributed by atoms with Crippen LogP contribution in [0.5, 0.6) is 0 Å². The predicted molar refractivity (Wildman–Crippen MR) is 62.4 cm³/mol. The Bertz CT molecular complexity index is 352. The van der Waals surface area contributed by atoms with E-state index in [2.05, 4.69) is 37.4 Å². The Morgan fingerprint density at radius 2 is 2.00 bits per heavy atom. The quantitative estimate of drug-likeness (QED) is 0.815. The average molecular weight is 202 g/mol. The lowest BCUT2D eigenvalue weighted by atomic mass is 10.0. The van der Waals surface area contributed by atoms with Gasteiger partial charge in [-0.2, -0.15) is 5.26 Å². The fourth-order valence-electron chi connectivity index (χ4n) is 1.58. The molecule has 1 aromatic rings. The molecule has 0 amide bonds.